The number of furan rings is 1. The second-order valence-electron chi connectivity index (χ2n) is 6.11. The molecule has 8 heteroatoms. The molecule has 152 valence electrons. The van der Waals surface area contributed by atoms with Crippen molar-refractivity contribution in [2.24, 2.45) is 0 Å². The lowest BCUT2D eigenvalue weighted by Crippen LogP contribution is -2.21. The molecule has 1 heterocycles. The zero-order valence-electron chi connectivity index (χ0n) is 16.3. The smallest absolute Gasteiger partial charge is 0.310 e. The van der Waals surface area contributed by atoms with Gasteiger partial charge >= 0.3 is 5.97 Å². The van der Waals surface area contributed by atoms with Gasteiger partial charge in [-0.15, -0.1) is 0 Å². The highest BCUT2D eigenvalue weighted by Gasteiger charge is 2.14. The number of hydrogen-bond acceptors (Lipinski definition) is 7. The minimum Gasteiger partial charge on any atom is -0.497 e. The fourth-order valence-corrected chi connectivity index (χ4v) is 2.76. The minimum atomic E-state index is -0.540. The number of anilines is 1. The van der Waals surface area contributed by atoms with Crippen molar-refractivity contribution in [3.63, 3.8) is 0 Å². The summed E-state index contributed by atoms with van der Waals surface area (Å²) in [7, 11) is 4.59. The Morgan fingerprint density at radius 1 is 0.931 bits per heavy atom. The number of nitrogens with one attached hydrogen (secondary N) is 1. The first-order chi connectivity index (χ1) is 14.0. The molecule has 0 radical (unpaired) electrons. The third-order valence-electron chi connectivity index (χ3n) is 4.20. The molecule has 0 aliphatic carbocycles. The highest BCUT2D eigenvalue weighted by molar-refractivity contribution is 5.93. The Bertz CT molecular complexity index is 1000. The number of hydrogen-bond donors (Lipinski definition) is 1. The topological polar surface area (TPSA) is 96.2 Å². The van der Waals surface area contributed by atoms with Crippen LogP contribution in [-0.2, 0) is 20.7 Å². The molecule has 3 rings (SSSR count). The number of carbonyl (C=O) groups excluding carboxylic acids is 2. The number of ether oxygens (including phenoxy) is 4. The van der Waals surface area contributed by atoms with Crippen LogP contribution in [0.25, 0.3) is 11.0 Å². The van der Waals surface area contributed by atoms with Gasteiger partial charge in [0.05, 0.1) is 34.0 Å². The van der Waals surface area contributed by atoms with Gasteiger partial charge in [-0.25, -0.2) is 0 Å². The van der Waals surface area contributed by atoms with Gasteiger partial charge in [-0.3, -0.25) is 9.59 Å². The Hall–Kier alpha value is -3.68. The van der Waals surface area contributed by atoms with Gasteiger partial charge in [0.15, 0.2) is 6.61 Å². The SMILES string of the molecule is COc1cc(NC(=O)COC(=O)Cc2coc3cc(OC)ccc23)cc(OC)c1. The zero-order valence-corrected chi connectivity index (χ0v) is 16.3. The number of rotatable bonds is 8. The summed E-state index contributed by atoms with van der Waals surface area (Å²) in [6.45, 7) is -0.415. The van der Waals surface area contributed by atoms with E-state index in [1.807, 2.05) is 6.07 Å². The lowest BCUT2D eigenvalue weighted by Gasteiger charge is -2.10. The molecule has 0 aliphatic rings. The third kappa shape index (κ3) is 4.98. The van der Waals surface area contributed by atoms with Crippen LogP contribution in [0.5, 0.6) is 17.2 Å². The fraction of sp³-hybridized carbons (Fsp3) is 0.238. The molecule has 0 bridgehead atoms. The molecule has 0 unspecified atom stereocenters. The first kappa shape index (κ1) is 20.1. The summed E-state index contributed by atoms with van der Waals surface area (Å²) in [6, 6.07) is 10.3. The summed E-state index contributed by atoms with van der Waals surface area (Å²) in [4.78, 5) is 24.2. The molecule has 2 aromatic carbocycles. The number of amides is 1. The Labute approximate surface area is 167 Å². The van der Waals surface area contributed by atoms with Crippen LogP contribution in [-0.4, -0.2) is 39.8 Å². The van der Waals surface area contributed by atoms with Gasteiger partial charge < -0.3 is 28.7 Å². The number of methoxy groups -OCH3 is 3. The lowest BCUT2D eigenvalue weighted by atomic mass is 10.1. The standard InChI is InChI=1S/C21H21NO7/c1-25-15-4-5-18-13(11-28-19(18)10-15)6-21(24)29-12-20(23)22-14-7-16(26-2)9-17(8-14)27-3/h4-5,7-11H,6,12H2,1-3H3,(H,22,23). The van der Waals surface area contributed by atoms with Crippen molar-refractivity contribution in [1.29, 1.82) is 0 Å². The van der Waals surface area contributed by atoms with E-state index < -0.39 is 18.5 Å². The molecular formula is C21H21NO7. The zero-order chi connectivity index (χ0) is 20.8. The Kier molecular flexibility index (Phi) is 6.23. The van der Waals surface area contributed by atoms with E-state index in [2.05, 4.69) is 5.32 Å². The van der Waals surface area contributed by atoms with E-state index in [0.717, 1.165) is 5.39 Å². The molecule has 0 atom stereocenters. The molecule has 1 N–H and O–H groups in total. The van der Waals surface area contributed by atoms with Crippen LogP contribution in [0.1, 0.15) is 5.56 Å². The number of carbonyl (C=O) groups is 2. The van der Waals surface area contributed by atoms with Crippen LogP contribution < -0.4 is 19.5 Å². The minimum absolute atomic E-state index is 0.0143. The summed E-state index contributed by atoms with van der Waals surface area (Å²) in [5.74, 6) is 0.698. The first-order valence-electron chi connectivity index (χ1n) is 8.75. The van der Waals surface area contributed by atoms with Crippen LogP contribution in [0, 0.1) is 0 Å². The summed E-state index contributed by atoms with van der Waals surface area (Å²) < 4.78 is 26.0. The molecule has 1 amide bonds. The molecule has 3 aromatic rings. The first-order valence-corrected chi connectivity index (χ1v) is 8.75. The van der Waals surface area contributed by atoms with Gasteiger partial charge in [0.1, 0.15) is 22.8 Å². The van der Waals surface area contributed by atoms with Gasteiger partial charge in [0.25, 0.3) is 5.91 Å². The summed E-state index contributed by atoms with van der Waals surface area (Å²) in [5.41, 5.74) is 1.75. The van der Waals surface area contributed by atoms with E-state index in [4.69, 9.17) is 23.4 Å². The molecule has 0 spiro atoms. The van der Waals surface area contributed by atoms with Crippen LogP contribution in [0.3, 0.4) is 0 Å². The summed E-state index contributed by atoms with van der Waals surface area (Å²) >= 11 is 0. The van der Waals surface area contributed by atoms with Gasteiger partial charge in [0.2, 0.25) is 0 Å². The third-order valence-corrected chi connectivity index (χ3v) is 4.20. The maximum atomic E-state index is 12.1. The average molecular weight is 399 g/mol. The van der Waals surface area contributed by atoms with Crippen molar-refractivity contribution in [3.05, 3.63) is 48.2 Å². The maximum absolute atomic E-state index is 12.1. The average Bonchev–Trinajstić information content (AvgIpc) is 3.13. The van der Waals surface area contributed by atoms with E-state index in [9.17, 15) is 9.59 Å². The van der Waals surface area contributed by atoms with Crippen molar-refractivity contribution in [3.8, 4) is 17.2 Å². The molecule has 29 heavy (non-hydrogen) atoms. The van der Waals surface area contributed by atoms with E-state index in [-0.39, 0.29) is 6.42 Å². The second kappa shape index (κ2) is 9.01. The molecule has 0 saturated carbocycles. The monoisotopic (exact) mass is 399 g/mol. The van der Waals surface area contributed by atoms with Crippen LogP contribution >= 0.6 is 0 Å². The number of esters is 1. The van der Waals surface area contributed by atoms with Crippen molar-refractivity contribution >= 4 is 28.5 Å². The van der Waals surface area contributed by atoms with Crippen molar-refractivity contribution < 1.29 is 33.0 Å². The van der Waals surface area contributed by atoms with Gasteiger partial charge in [-0.05, 0) is 12.1 Å². The van der Waals surface area contributed by atoms with E-state index >= 15 is 0 Å². The summed E-state index contributed by atoms with van der Waals surface area (Å²) in [6.07, 6.45) is 1.48. The quantitative estimate of drug-likeness (QED) is 0.581. The molecule has 0 aliphatic heterocycles. The molecule has 8 nitrogen and oxygen atoms in total. The van der Waals surface area contributed by atoms with Gasteiger partial charge in [-0.2, -0.15) is 0 Å². The summed E-state index contributed by atoms with van der Waals surface area (Å²) in [5, 5.41) is 3.43. The van der Waals surface area contributed by atoms with Crippen molar-refractivity contribution in [1.82, 2.24) is 0 Å². The number of fused-ring (bicyclic) bond motifs is 1. The Morgan fingerprint density at radius 3 is 2.28 bits per heavy atom. The van der Waals surface area contributed by atoms with E-state index in [1.165, 1.54) is 20.5 Å². The van der Waals surface area contributed by atoms with Crippen LogP contribution in [0.2, 0.25) is 0 Å². The van der Waals surface area contributed by atoms with Crippen molar-refractivity contribution in [2.75, 3.05) is 33.3 Å². The molecule has 1 aromatic heterocycles. The predicted octanol–water partition coefficient (Wildman–Crippen LogP) is 3.18. The van der Waals surface area contributed by atoms with Crippen LogP contribution in [0.15, 0.2) is 47.1 Å². The molecular weight excluding hydrogens is 378 g/mol. The highest BCUT2D eigenvalue weighted by atomic mass is 16.5. The Balaban J connectivity index is 1.56. The lowest BCUT2D eigenvalue weighted by molar-refractivity contribution is -0.146. The second-order valence-corrected chi connectivity index (χ2v) is 6.11. The maximum Gasteiger partial charge on any atom is 0.310 e. The highest BCUT2D eigenvalue weighted by Crippen LogP contribution is 2.27. The van der Waals surface area contributed by atoms with Crippen LogP contribution in [0.4, 0.5) is 5.69 Å². The van der Waals surface area contributed by atoms with Crippen molar-refractivity contribution in [2.45, 2.75) is 6.42 Å². The molecule has 0 fully saturated rings. The van der Waals surface area contributed by atoms with E-state index in [0.29, 0.717) is 34.1 Å². The van der Waals surface area contributed by atoms with Gasteiger partial charge in [0, 0.05) is 40.9 Å². The normalized spacial score (nSPS) is 10.4. The predicted molar refractivity (Wildman–Crippen MR) is 106 cm³/mol. The Morgan fingerprint density at radius 2 is 1.62 bits per heavy atom. The van der Waals surface area contributed by atoms with E-state index in [1.54, 1.807) is 37.4 Å². The van der Waals surface area contributed by atoms with Gasteiger partial charge in [-0.1, -0.05) is 0 Å². The molecule has 0 saturated heterocycles. The largest absolute Gasteiger partial charge is 0.497 e. The fourth-order valence-electron chi connectivity index (χ4n) is 2.76. The number of benzene rings is 2.